The molecule has 0 atom stereocenters. The largest absolute Gasteiger partial charge is 0.388 e. The topological polar surface area (TPSA) is 70.6 Å². The molecule has 0 spiro atoms. The normalized spacial score (nSPS) is 11.9. The van der Waals surface area contributed by atoms with Gasteiger partial charge in [-0.15, -0.1) is 24.0 Å². The van der Waals surface area contributed by atoms with E-state index < -0.39 is 5.60 Å². The van der Waals surface area contributed by atoms with E-state index in [4.69, 9.17) is 5.73 Å². The Hall–Kier alpha value is -0.820. The number of hydrogen-bond acceptors (Lipinski definition) is 2. The maximum atomic E-state index is 10.1. The van der Waals surface area contributed by atoms with Gasteiger partial charge < -0.3 is 16.2 Å². The number of aryl methyl sites for hydroxylation is 1. The van der Waals surface area contributed by atoms with Gasteiger partial charge in [0.1, 0.15) is 0 Å². The Labute approximate surface area is 138 Å². The van der Waals surface area contributed by atoms with Crippen LogP contribution in [0.5, 0.6) is 0 Å². The molecule has 1 rings (SSSR count). The van der Waals surface area contributed by atoms with Crippen LogP contribution in [-0.2, 0) is 6.42 Å². The van der Waals surface area contributed by atoms with Crippen LogP contribution in [0.15, 0.2) is 29.3 Å². The first-order valence-electron chi connectivity index (χ1n) is 6.91. The number of nitrogens with two attached hydrogens (primary N) is 1. The van der Waals surface area contributed by atoms with E-state index in [1.54, 1.807) is 0 Å². The van der Waals surface area contributed by atoms with Crippen LogP contribution in [0.4, 0.5) is 5.69 Å². The second-order valence-corrected chi connectivity index (χ2v) is 4.81. The van der Waals surface area contributed by atoms with Crippen LogP contribution in [0.2, 0.25) is 0 Å². The molecule has 0 amide bonds. The first-order valence-corrected chi connectivity index (χ1v) is 6.91. The third-order valence-electron chi connectivity index (χ3n) is 3.49. The van der Waals surface area contributed by atoms with Crippen LogP contribution < -0.4 is 11.1 Å². The number of nitrogens with zero attached hydrogens (tertiary/aromatic N) is 1. The summed E-state index contributed by atoms with van der Waals surface area (Å²) in [6.45, 7) is 6.35. The maximum absolute atomic E-state index is 10.1. The minimum Gasteiger partial charge on any atom is -0.388 e. The molecule has 0 bridgehead atoms. The van der Waals surface area contributed by atoms with Crippen molar-refractivity contribution < 1.29 is 5.11 Å². The minimum absolute atomic E-state index is 0. The van der Waals surface area contributed by atoms with Crippen LogP contribution in [0.1, 0.15) is 39.2 Å². The first kappa shape index (κ1) is 19.2. The van der Waals surface area contributed by atoms with E-state index in [-0.39, 0.29) is 24.0 Å². The van der Waals surface area contributed by atoms with Gasteiger partial charge in [-0.3, -0.25) is 4.99 Å². The monoisotopic (exact) mass is 391 g/mol. The lowest BCUT2D eigenvalue weighted by molar-refractivity contribution is 0.0419. The summed E-state index contributed by atoms with van der Waals surface area (Å²) in [5.74, 6) is 0.338. The van der Waals surface area contributed by atoms with E-state index in [0.717, 1.165) is 12.1 Å². The average molecular weight is 391 g/mol. The third kappa shape index (κ3) is 6.09. The smallest absolute Gasteiger partial charge is 0.193 e. The van der Waals surface area contributed by atoms with Crippen molar-refractivity contribution in [2.24, 2.45) is 10.7 Å². The molecule has 4 nitrogen and oxygen atoms in total. The van der Waals surface area contributed by atoms with Gasteiger partial charge in [0.05, 0.1) is 12.1 Å². The molecule has 0 saturated heterocycles. The highest BCUT2D eigenvalue weighted by molar-refractivity contribution is 14.0. The highest BCUT2D eigenvalue weighted by atomic mass is 127. The Balaban J connectivity index is 0.00000361. The highest BCUT2D eigenvalue weighted by Gasteiger charge is 2.21. The summed E-state index contributed by atoms with van der Waals surface area (Å²) in [5, 5.41) is 13.2. The molecule has 1 aromatic carbocycles. The fraction of sp³-hybridized carbons (Fsp3) is 0.533. The van der Waals surface area contributed by atoms with Gasteiger partial charge in [-0.25, -0.2) is 0 Å². The summed E-state index contributed by atoms with van der Waals surface area (Å²) >= 11 is 0. The molecule has 5 heteroatoms. The molecule has 0 radical (unpaired) electrons. The van der Waals surface area contributed by atoms with E-state index in [1.165, 1.54) is 5.56 Å². The molecule has 4 N–H and O–H groups in total. The van der Waals surface area contributed by atoms with Crippen LogP contribution in [0, 0.1) is 0 Å². The number of anilines is 1. The van der Waals surface area contributed by atoms with Crippen LogP contribution >= 0.6 is 24.0 Å². The number of hydrogen-bond donors (Lipinski definition) is 3. The van der Waals surface area contributed by atoms with Crippen molar-refractivity contribution in [3.63, 3.8) is 0 Å². The number of benzene rings is 1. The molecule has 0 fully saturated rings. The summed E-state index contributed by atoms with van der Waals surface area (Å²) in [5.41, 5.74) is 7.27. The molecule has 0 saturated carbocycles. The van der Waals surface area contributed by atoms with Gasteiger partial charge in [-0.2, -0.15) is 0 Å². The Morgan fingerprint density at radius 3 is 2.20 bits per heavy atom. The summed E-state index contributed by atoms with van der Waals surface area (Å²) in [6, 6.07) is 8.08. The fourth-order valence-corrected chi connectivity index (χ4v) is 1.72. The zero-order chi connectivity index (χ0) is 14.3. The number of aliphatic imine (C=N–C) groups is 1. The van der Waals surface area contributed by atoms with Crippen molar-refractivity contribution in [3.05, 3.63) is 29.8 Å². The van der Waals surface area contributed by atoms with E-state index in [1.807, 2.05) is 26.0 Å². The Morgan fingerprint density at radius 2 is 1.75 bits per heavy atom. The van der Waals surface area contributed by atoms with Crippen molar-refractivity contribution in [2.45, 2.75) is 45.6 Å². The predicted molar refractivity (Wildman–Crippen MR) is 96.9 cm³/mol. The summed E-state index contributed by atoms with van der Waals surface area (Å²) in [6.07, 6.45) is 2.36. The lowest BCUT2D eigenvalue weighted by Gasteiger charge is -2.22. The maximum Gasteiger partial charge on any atom is 0.193 e. The SMILES string of the molecule is CCc1ccc(NC(N)=NCC(O)(CC)CC)cc1.I. The minimum atomic E-state index is -0.752. The standard InChI is InChI=1S/C15H25N3O.HI/c1-4-12-7-9-13(10-8-12)18-14(16)17-11-15(19,5-2)6-3;/h7-10,19H,4-6,11H2,1-3H3,(H3,16,17,18);1H. The molecule has 114 valence electrons. The van der Waals surface area contributed by atoms with Gasteiger partial charge >= 0.3 is 0 Å². The van der Waals surface area contributed by atoms with Gasteiger partial charge in [-0.1, -0.05) is 32.9 Å². The molecule has 0 unspecified atom stereocenters. The van der Waals surface area contributed by atoms with Gasteiger partial charge in [-0.05, 0) is 37.0 Å². The molecule has 0 aromatic heterocycles. The van der Waals surface area contributed by atoms with E-state index in [0.29, 0.717) is 25.3 Å². The van der Waals surface area contributed by atoms with Crippen molar-refractivity contribution in [3.8, 4) is 0 Å². The van der Waals surface area contributed by atoms with Crippen molar-refractivity contribution in [2.75, 3.05) is 11.9 Å². The van der Waals surface area contributed by atoms with E-state index >= 15 is 0 Å². The fourth-order valence-electron chi connectivity index (χ4n) is 1.72. The Morgan fingerprint density at radius 1 is 1.20 bits per heavy atom. The predicted octanol–water partition coefficient (Wildman–Crippen LogP) is 3.14. The molecule has 0 aliphatic rings. The number of halogens is 1. The van der Waals surface area contributed by atoms with Gasteiger partial charge in [0, 0.05) is 5.69 Å². The number of guanidine groups is 1. The van der Waals surface area contributed by atoms with E-state index in [2.05, 4.69) is 29.4 Å². The quantitative estimate of drug-likeness (QED) is 0.396. The van der Waals surface area contributed by atoms with E-state index in [9.17, 15) is 5.11 Å². The summed E-state index contributed by atoms with van der Waals surface area (Å²) in [4.78, 5) is 4.21. The van der Waals surface area contributed by atoms with Crippen molar-refractivity contribution in [1.82, 2.24) is 0 Å². The Bertz CT molecular complexity index is 414. The molecule has 20 heavy (non-hydrogen) atoms. The van der Waals surface area contributed by atoms with Gasteiger partial charge in [0.2, 0.25) is 0 Å². The lowest BCUT2D eigenvalue weighted by atomic mass is 9.98. The van der Waals surface area contributed by atoms with Crippen molar-refractivity contribution >= 4 is 35.6 Å². The van der Waals surface area contributed by atoms with Gasteiger partial charge in [0.25, 0.3) is 0 Å². The molecule has 0 heterocycles. The molecule has 0 aliphatic heterocycles. The number of aliphatic hydroxyl groups is 1. The molecular weight excluding hydrogens is 365 g/mol. The van der Waals surface area contributed by atoms with Crippen LogP contribution in [0.25, 0.3) is 0 Å². The molecule has 1 aromatic rings. The third-order valence-corrected chi connectivity index (χ3v) is 3.49. The lowest BCUT2D eigenvalue weighted by Crippen LogP contribution is -2.33. The average Bonchev–Trinajstić information content (AvgIpc) is 2.45. The first-order chi connectivity index (χ1) is 9.03. The van der Waals surface area contributed by atoms with Gasteiger partial charge in [0.15, 0.2) is 5.96 Å². The Kier molecular flexibility index (Phi) is 8.80. The zero-order valence-electron chi connectivity index (χ0n) is 12.5. The second kappa shape index (κ2) is 9.18. The number of nitrogens with one attached hydrogen (secondary N) is 1. The summed E-state index contributed by atoms with van der Waals surface area (Å²) in [7, 11) is 0. The van der Waals surface area contributed by atoms with Crippen LogP contribution in [-0.4, -0.2) is 23.2 Å². The van der Waals surface area contributed by atoms with Crippen LogP contribution in [0.3, 0.4) is 0 Å². The summed E-state index contributed by atoms with van der Waals surface area (Å²) < 4.78 is 0. The zero-order valence-corrected chi connectivity index (χ0v) is 14.8. The second-order valence-electron chi connectivity index (χ2n) is 4.81. The van der Waals surface area contributed by atoms with Crippen molar-refractivity contribution in [1.29, 1.82) is 0 Å². The molecular formula is C15H26IN3O. The number of rotatable bonds is 6. The highest BCUT2D eigenvalue weighted by Crippen LogP contribution is 2.15. The molecule has 0 aliphatic carbocycles.